The average Bonchev–Trinajstić information content (AvgIpc) is 2.61. The number of halogens is 1. The minimum absolute atomic E-state index is 0.194. The molecule has 1 N–H and O–H groups in total. The second kappa shape index (κ2) is 9.47. The van der Waals surface area contributed by atoms with Gasteiger partial charge in [-0.1, -0.05) is 24.3 Å². The number of urea groups is 1. The predicted molar refractivity (Wildman–Crippen MR) is 115 cm³/mol. The van der Waals surface area contributed by atoms with Crippen molar-refractivity contribution in [2.45, 2.75) is 58.5 Å². The van der Waals surface area contributed by atoms with E-state index >= 15 is 0 Å². The van der Waals surface area contributed by atoms with Crippen LogP contribution in [-0.4, -0.2) is 30.1 Å². The molecule has 2 rings (SSSR count). The molecule has 30 heavy (non-hydrogen) atoms. The maximum atomic E-state index is 13.2. The minimum atomic E-state index is -3.72. The summed E-state index contributed by atoms with van der Waals surface area (Å²) in [6.45, 7) is 9.21. The number of hydrogen-bond acceptors (Lipinski definition) is 4. The van der Waals surface area contributed by atoms with Crippen LogP contribution in [0.25, 0.3) is 0 Å². The number of nitrogens with one attached hydrogen (secondary N) is 1. The molecule has 2 aromatic rings. The van der Waals surface area contributed by atoms with Crippen molar-refractivity contribution in [2.24, 2.45) is 0 Å². The maximum absolute atomic E-state index is 13.2. The van der Waals surface area contributed by atoms with E-state index in [0.717, 1.165) is 5.56 Å². The number of benzene rings is 2. The fraction of sp³-hybridized carbons (Fsp3) is 0.409. The van der Waals surface area contributed by atoms with E-state index in [1.165, 1.54) is 12.1 Å². The monoisotopic (exact) mass is 436 g/mol. The molecule has 0 aliphatic rings. The summed E-state index contributed by atoms with van der Waals surface area (Å²) < 4.78 is 42.5. The molecule has 0 heterocycles. The lowest BCUT2D eigenvalue weighted by atomic mass is 10.1. The van der Waals surface area contributed by atoms with Crippen molar-refractivity contribution in [1.82, 2.24) is 10.2 Å². The molecular formula is C22H29FN2O4S. The molecule has 0 spiro atoms. The van der Waals surface area contributed by atoms with Crippen LogP contribution in [0.2, 0.25) is 0 Å². The van der Waals surface area contributed by atoms with Crippen molar-refractivity contribution in [2.75, 3.05) is 0 Å². The summed E-state index contributed by atoms with van der Waals surface area (Å²) in [5.74, 6) is -0.153. The average molecular weight is 437 g/mol. The Morgan fingerprint density at radius 3 is 2.23 bits per heavy atom. The third kappa shape index (κ3) is 7.33. The molecule has 0 bridgehead atoms. The van der Waals surface area contributed by atoms with Crippen LogP contribution in [0, 0.1) is 5.82 Å². The van der Waals surface area contributed by atoms with Crippen LogP contribution in [0.3, 0.4) is 0 Å². The van der Waals surface area contributed by atoms with Gasteiger partial charge in [-0.15, -0.1) is 0 Å². The third-order valence-electron chi connectivity index (χ3n) is 4.12. The fourth-order valence-electron chi connectivity index (χ4n) is 2.56. The van der Waals surface area contributed by atoms with Gasteiger partial charge >= 0.3 is 16.1 Å². The van der Waals surface area contributed by atoms with E-state index in [0.29, 0.717) is 5.56 Å². The molecular weight excluding hydrogens is 407 g/mol. The Hall–Kier alpha value is -2.61. The van der Waals surface area contributed by atoms with Gasteiger partial charge in [0.25, 0.3) is 0 Å². The van der Waals surface area contributed by atoms with Gasteiger partial charge < -0.3 is 14.4 Å². The molecule has 0 aliphatic heterocycles. The van der Waals surface area contributed by atoms with Gasteiger partial charge in [0.1, 0.15) is 11.6 Å². The van der Waals surface area contributed by atoms with Crippen molar-refractivity contribution in [1.29, 1.82) is 0 Å². The first kappa shape index (κ1) is 23.7. The molecule has 0 atom stereocenters. The van der Waals surface area contributed by atoms with E-state index in [1.54, 1.807) is 55.1 Å². The van der Waals surface area contributed by atoms with Gasteiger partial charge in [-0.05, 0) is 70.0 Å². The number of hydrogen-bond donors (Lipinski definition) is 1. The largest absolute Gasteiger partial charge is 0.382 e. The molecule has 0 fully saturated rings. The molecule has 6 nitrogen and oxygen atoms in total. The minimum Gasteiger partial charge on any atom is -0.382 e. The molecule has 164 valence electrons. The molecule has 0 unspecified atom stereocenters. The second-order valence-electron chi connectivity index (χ2n) is 8.43. The lowest BCUT2D eigenvalue weighted by Crippen LogP contribution is -2.47. The van der Waals surface area contributed by atoms with E-state index in [1.807, 2.05) is 20.8 Å². The van der Waals surface area contributed by atoms with E-state index in [2.05, 4.69) is 5.32 Å². The highest BCUT2D eigenvalue weighted by atomic mass is 32.2. The Morgan fingerprint density at radius 2 is 1.67 bits per heavy atom. The summed E-state index contributed by atoms with van der Waals surface area (Å²) in [5, 5.41) is 2.25. The van der Waals surface area contributed by atoms with Gasteiger partial charge in [-0.2, -0.15) is 8.42 Å². The zero-order valence-electron chi connectivity index (χ0n) is 18.0. The maximum Gasteiger partial charge on any atom is 0.318 e. The summed E-state index contributed by atoms with van der Waals surface area (Å²) in [6, 6.07) is 12.3. The van der Waals surface area contributed by atoms with Crippen LogP contribution in [0.1, 0.15) is 45.7 Å². The van der Waals surface area contributed by atoms with Crippen molar-refractivity contribution < 1.29 is 21.8 Å². The molecule has 2 amide bonds. The summed E-state index contributed by atoms with van der Waals surface area (Å²) in [7, 11) is -3.72. The molecule has 0 saturated carbocycles. The lowest BCUT2D eigenvalue weighted by molar-refractivity contribution is 0.183. The van der Waals surface area contributed by atoms with Gasteiger partial charge in [0.05, 0.1) is 5.25 Å². The van der Waals surface area contributed by atoms with E-state index < -0.39 is 20.9 Å². The number of amides is 2. The first-order valence-corrected chi connectivity index (χ1v) is 11.2. The zero-order chi connectivity index (χ0) is 22.5. The van der Waals surface area contributed by atoms with Crippen LogP contribution in [0.15, 0.2) is 48.5 Å². The Bertz CT molecular complexity index is 967. The van der Waals surface area contributed by atoms with Gasteiger partial charge in [0.15, 0.2) is 0 Å². The lowest BCUT2D eigenvalue weighted by Gasteiger charge is -2.29. The van der Waals surface area contributed by atoms with E-state index in [4.69, 9.17) is 4.18 Å². The molecule has 0 aliphatic carbocycles. The Labute approximate surface area is 178 Å². The normalized spacial score (nSPS) is 12.0. The van der Waals surface area contributed by atoms with Gasteiger partial charge in [-0.3, -0.25) is 0 Å². The summed E-state index contributed by atoms with van der Waals surface area (Å²) in [6.07, 6.45) is 0. The molecule has 0 aromatic heterocycles. The van der Waals surface area contributed by atoms with Crippen molar-refractivity contribution in [3.05, 3.63) is 65.5 Å². The number of carbonyl (C=O) groups excluding carboxylic acids is 1. The fourth-order valence-corrected chi connectivity index (χ4v) is 3.12. The van der Waals surface area contributed by atoms with E-state index in [-0.39, 0.29) is 30.7 Å². The SMILES string of the molecule is CC(C)S(=O)(=O)Oc1cccc(CN(Cc2ccc(F)cc2)C(=O)NC(C)(C)C)c1. The third-order valence-corrected chi connectivity index (χ3v) is 5.70. The van der Waals surface area contributed by atoms with Crippen molar-refractivity contribution in [3.63, 3.8) is 0 Å². The summed E-state index contributed by atoms with van der Waals surface area (Å²) in [4.78, 5) is 14.4. The molecule has 0 saturated heterocycles. The van der Waals surface area contributed by atoms with Crippen LogP contribution in [-0.2, 0) is 23.2 Å². The smallest absolute Gasteiger partial charge is 0.318 e. The summed E-state index contributed by atoms with van der Waals surface area (Å²) >= 11 is 0. The second-order valence-corrected chi connectivity index (χ2v) is 10.5. The number of carbonyl (C=O) groups is 1. The Kier molecular flexibility index (Phi) is 7.47. The summed E-state index contributed by atoms with van der Waals surface area (Å²) in [5.41, 5.74) is 1.04. The van der Waals surface area contributed by atoms with Gasteiger partial charge in [0, 0.05) is 18.6 Å². The highest BCUT2D eigenvalue weighted by molar-refractivity contribution is 7.87. The zero-order valence-corrected chi connectivity index (χ0v) is 18.8. The molecule has 0 radical (unpaired) electrons. The first-order chi connectivity index (χ1) is 13.9. The van der Waals surface area contributed by atoms with Crippen LogP contribution in [0.5, 0.6) is 5.75 Å². The first-order valence-electron chi connectivity index (χ1n) is 9.69. The van der Waals surface area contributed by atoms with Crippen LogP contribution < -0.4 is 9.50 Å². The molecule has 8 heteroatoms. The molecule has 2 aromatic carbocycles. The Morgan fingerprint density at radius 1 is 1.07 bits per heavy atom. The quantitative estimate of drug-likeness (QED) is 0.651. The van der Waals surface area contributed by atoms with Gasteiger partial charge in [-0.25, -0.2) is 9.18 Å². The number of nitrogens with zero attached hydrogens (tertiary/aromatic N) is 1. The number of rotatable bonds is 7. The highest BCUT2D eigenvalue weighted by Crippen LogP contribution is 2.20. The van der Waals surface area contributed by atoms with Crippen molar-refractivity contribution >= 4 is 16.1 Å². The van der Waals surface area contributed by atoms with E-state index in [9.17, 15) is 17.6 Å². The van der Waals surface area contributed by atoms with Gasteiger partial charge in [0.2, 0.25) is 0 Å². The Balaban J connectivity index is 2.25. The predicted octanol–water partition coefficient (Wildman–Crippen LogP) is 4.45. The topological polar surface area (TPSA) is 75.7 Å². The standard InChI is InChI=1S/C22H29FN2O4S/c1-16(2)30(27,28)29-20-8-6-7-18(13-20)15-25(21(26)24-22(3,4)5)14-17-9-11-19(23)12-10-17/h6-13,16H,14-15H2,1-5H3,(H,24,26). The highest BCUT2D eigenvalue weighted by Gasteiger charge is 2.21. The van der Waals surface area contributed by atoms with Crippen molar-refractivity contribution in [3.8, 4) is 5.75 Å². The van der Waals surface area contributed by atoms with Crippen LogP contribution >= 0.6 is 0 Å². The van der Waals surface area contributed by atoms with Crippen LogP contribution in [0.4, 0.5) is 9.18 Å².